The molecule has 0 aliphatic heterocycles. The zero-order chi connectivity index (χ0) is 14.2. The van der Waals surface area contributed by atoms with Crippen LogP contribution in [0.3, 0.4) is 0 Å². The largest absolute Gasteiger partial charge is 0.352 e. The number of carbonyl (C=O) groups excluding carboxylic acids is 1. The van der Waals surface area contributed by atoms with Crippen molar-refractivity contribution in [3.63, 3.8) is 0 Å². The molecule has 1 fully saturated rings. The lowest BCUT2D eigenvalue weighted by Gasteiger charge is -2.08. The first-order valence-electron chi connectivity index (χ1n) is 5.59. The topological polar surface area (TPSA) is 89.3 Å². The van der Waals surface area contributed by atoms with Gasteiger partial charge in [0.1, 0.15) is 10.7 Å². The van der Waals surface area contributed by atoms with Gasteiger partial charge >= 0.3 is 0 Å². The van der Waals surface area contributed by atoms with Crippen LogP contribution in [0.1, 0.15) is 23.2 Å². The Morgan fingerprint density at radius 2 is 2.00 bits per heavy atom. The number of rotatable bonds is 4. The van der Waals surface area contributed by atoms with Crippen LogP contribution in [-0.4, -0.2) is 20.9 Å². The zero-order valence-corrected chi connectivity index (χ0v) is 10.6. The van der Waals surface area contributed by atoms with Crippen LogP contribution in [0.4, 0.5) is 8.78 Å². The fraction of sp³-hybridized carbons (Fsp3) is 0.364. The van der Waals surface area contributed by atoms with Crippen LogP contribution in [0.15, 0.2) is 17.0 Å². The van der Waals surface area contributed by atoms with E-state index in [9.17, 15) is 22.0 Å². The predicted octanol–water partition coefficient (Wildman–Crippen LogP) is 0.752. The van der Waals surface area contributed by atoms with Crippen molar-refractivity contribution in [3.05, 3.63) is 29.3 Å². The van der Waals surface area contributed by atoms with Crippen molar-refractivity contribution in [3.8, 4) is 0 Å². The van der Waals surface area contributed by atoms with Crippen LogP contribution in [0.5, 0.6) is 0 Å². The maximum absolute atomic E-state index is 13.9. The van der Waals surface area contributed by atoms with Crippen LogP contribution in [0.25, 0.3) is 0 Å². The van der Waals surface area contributed by atoms with Gasteiger partial charge in [-0.2, -0.15) is 0 Å². The number of amides is 1. The maximum atomic E-state index is 13.9. The van der Waals surface area contributed by atoms with Crippen molar-refractivity contribution in [2.75, 3.05) is 6.54 Å². The highest BCUT2D eigenvalue weighted by Crippen LogP contribution is 2.27. The van der Waals surface area contributed by atoms with Crippen molar-refractivity contribution < 1.29 is 22.0 Å². The normalized spacial score (nSPS) is 15.3. The number of sulfonamides is 1. The third-order valence-electron chi connectivity index (χ3n) is 2.80. The molecule has 1 aliphatic carbocycles. The van der Waals surface area contributed by atoms with E-state index in [4.69, 9.17) is 5.14 Å². The van der Waals surface area contributed by atoms with Crippen molar-refractivity contribution >= 4 is 15.9 Å². The highest BCUT2D eigenvalue weighted by Gasteiger charge is 2.25. The average Bonchev–Trinajstić information content (AvgIpc) is 3.11. The molecule has 0 atom stereocenters. The van der Waals surface area contributed by atoms with Gasteiger partial charge in [-0.05, 0) is 30.9 Å². The van der Waals surface area contributed by atoms with Gasteiger partial charge < -0.3 is 5.32 Å². The third kappa shape index (κ3) is 3.27. The number of halogens is 2. The Morgan fingerprint density at radius 3 is 2.53 bits per heavy atom. The Morgan fingerprint density at radius 1 is 1.37 bits per heavy atom. The van der Waals surface area contributed by atoms with E-state index in [2.05, 4.69) is 5.32 Å². The quantitative estimate of drug-likeness (QED) is 0.857. The first-order valence-corrected chi connectivity index (χ1v) is 7.13. The van der Waals surface area contributed by atoms with E-state index < -0.39 is 38.0 Å². The van der Waals surface area contributed by atoms with Crippen LogP contribution >= 0.6 is 0 Å². The van der Waals surface area contributed by atoms with Gasteiger partial charge in [-0.15, -0.1) is 0 Å². The van der Waals surface area contributed by atoms with E-state index in [1.54, 1.807) is 0 Å². The fourth-order valence-electron chi connectivity index (χ4n) is 1.59. The summed E-state index contributed by atoms with van der Waals surface area (Å²) in [6.07, 6.45) is 1.96. The minimum Gasteiger partial charge on any atom is -0.352 e. The third-order valence-corrected chi connectivity index (χ3v) is 3.71. The second-order valence-electron chi connectivity index (χ2n) is 4.46. The average molecular weight is 290 g/mol. The van der Waals surface area contributed by atoms with Crippen molar-refractivity contribution in [1.82, 2.24) is 5.32 Å². The molecule has 19 heavy (non-hydrogen) atoms. The fourth-order valence-corrected chi connectivity index (χ4v) is 2.23. The standard InChI is InChI=1S/C11H12F2N2O3S/c12-7-3-8(11(16)15-5-6-1-2-6)10(13)9(4-7)19(14,17)18/h3-4,6H,1-2,5H2,(H,15,16)(H2,14,17,18). The molecule has 0 heterocycles. The number of nitrogens with two attached hydrogens (primary N) is 1. The summed E-state index contributed by atoms with van der Waals surface area (Å²) in [6, 6.07) is 1.09. The number of hydrogen-bond donors (Lipinski definition) is 2. The van der Waals surface area contributed by atoms with E-state index >= 15 is 0 Å². The molecular weight excluding hydrogens is 278 g/mol. The van der Waals surface area contributed by atoms with Crippen LogP contribution < -0.4 is 10.5 Å². The molecule has 0 unspecified atom stereocenters. The van der Waals surface area contributed by atoms with Crippen molar-refractivity contribution in [2.45, 2.75) is 17.7 Å². The Kier molecular flexibility index (Phi) is 3.55. The molecule has 2 rings (SSSR count). The summed E-state index contributed by atoms with van der Waals surface area (Å²) in [5.41, 5.74) is -0.662. The summed E-state index contributed by atoms with van der Waals surface area (Å²) < 4.78 is 49.3. The van der Waals surface area contributed by atoms with E-state index in [0.29, 0.717) is 24.6 Å². The summed E-state index contributed by atoms with van der Waals surface area (Å²) >= 11 is 0. The van der Waals surface area contributed by atoms with Gasteiger partial charge in [0.15, 0.2) is 5.82 Å². The second kappa shape index (κ2) is 4.86. The first kappa shape index (κ1) is 13.9. The molecule has 1 aromatic rings. The zero-order valence-electron chi connectivity index (χ0n) is 9.82. The van der Waals surface area contributed by atoms with Gasteiger partial charge in [-0.1, -0.05) is 0 Å². The van der Waals surface area contributed by atoms with Gasteiger partial charge in [0, 0.05) is 6.54 Å². The minimum atomic E-state index is -4.43. The lowest BCUT2D eigenvalue weighted by Crippen LogP contribution is -2.27. The summed E-state index contributed by atoms with van der Waals surface area (Å²) in [5.74, 6) is -2.87. The molecular formula is C11H12F2N2O3S. The molecule has 0 spiro atoms. The molecule has 5 nitrogen and oxygen atoms in total. The molecule has 8 heteroatoms. The van der Waals surface area contributed by atoms with E-state index in [1.165, 1.54) is 0 Å². The van der Waals surface area contributed by atoms with E-state index in [0.717, 1.165) is 12.8 Å². The second-order valence-corrected chi connectivity index (χ2v) is 5.99. The van der Waals surface area contributed by atoms with Gasteiger partial charge in [-0.3, -0.25) is 4.79 Å². The Balaban J connectivity index is 2.33. The predicted molar refractivity (Wildman–Crippen MR) is 62.8 cm³/mol. The van der Waals surface area contributed by atoms with Crippen LogP contribution in [0.2, 0.25) is 0 Å². The van der Waals surface area contributed by atoms with Gasteiger partial charge in [0.25, 0.3) is 5.91 Å². The molecule has 0 bridgehead atoms. The SMILES string of the molecule is NS(=O)(=O)c1cc(F)cc(C(=O)NCC2CC2)c1F. The maximum Gasteiger partial charge on any atom is 0.254 e. The number of nitrogens with one attached hydrogen (secondary N) is 1. The Bertz CT molecular complexity index is 627. The van der Waals surface area contributed by atoms with Crippen LogP contribution in [-0.2, 0) is 10.0 Å². The van der Waals surface area contributed by atoms with Gasteiger partial charge in [0.2, 0.25) is 10.0 Å². The van der Waals surface area contributed by atoms with E-state index in [1.807, 2.05) is 0 Å². The lowest BCUT2D eigenvalue weighted by molar-refractivity contribution is 0.0946. The highest BCUT2D eigenvalue weighted by atomic mass is 32.2. The monoisotopic (exact) mass is 290 g/mol. The number of hydrogen-bond acceptors (Lipinski definition) is 3. The molecule has 1 aliphatic rings. The van der Waals surface area contributed by atoms with Crippen molar-refractivity contribution in [1.29, 1.82) is 0 Å². The number of benzene rings is 1. The summed E-state index contributed by atoms with van der Waals surface area (Å²) in [5, 5.41) is 7.19. The van der Waals surface area contributed by atoms with Gasteiger partial charge in [-0.25, -0.2) is 22.3 Å². The van der Waals surface area contributed by atoms with Gasteiger partial charge in [0.05, 0.1) is 5.56 Å². The summed E-state index contributed by atoms with van der Waals surface area (Å²) in [7, 11) is -4.43. The van der Waals surface area contributed by atoms with E-state index in [-0.39, 0.29) is 0 Å². The lowest BCUT2D eigenvalue weighted by atomic mass is 10.2. The first-order chi connectivity index (χ1) is 8.79. The molecule has 0 saturated heterocycles. The highest BCUT2D eigenvalue weighted by molar-refractivity contribution is 7.89. The Labute approximate surface area is 108 Å². The summed E-state index contributed by atoms with van der Waals surface area (Å²) in [6.45, 7) is 0.361. The molecule has 1 aromatic carbocycles. The number of primary sulfonamides is 1. The molecule has 1 amide bonds. The number of carbonyl (C=O) groups is 1. The molecule has 0 aromatic heterocycles. The molecule has 104 valence electrons. The molecule has 0 radical (unpaired) electrons. The minimum absolute atomic E-state index is 0.360. The van der Waals surface area contributed by atoms with Crippen molar-refractivity contribution in [2.24, 2.45) is 11.1 Å². The molecule has 3 N–H and O–H groups in total. The Hall–Kier alpha value is -1.54. The smallest absolute Gasteiger partial charge is 0.254 e. The summed E-state index contributed by atoms with van der Waals surface area (Å²) in [4.78, 5) is 10.7. The van der Waals surface area contributed by atoms with Crippen LogP contribution in [0, 0.1) is 17.6 Å². The molecule has 1 saturated carbocycles.